The Bertz CT molecular complexity index is 670. The van der Waals surface area contributed by atoms with Crippen LogP contribution >= 0.6 is 11.8 Å². The van der Waals surface area contributed by atoms with Crippen molar-refractivity contribution >= 4 is 34.7 Å². The molecule has 0 bridgehead atoms. The van der Waals surface area contributed by atoms with Crippen LogP contribution in [0.2, 0.25) is 0 Å². The fourth-order valence-corrected chi connectivity index (χ4v) is 2.39. The van der Waals surface area contributed by atoms with E-state index in [-0.39, 0.29) is 27.7 Å². The third kappa shape index (κ3) is 2.97. The van der Waals surface area contributed by atoms with Gasteiger partial charge in [-0.15, -0.1) is 0 Å². The Labute approximate surface area is 123 Å². The van der Waals surface area contributed by atoms with Crippen molar-refractivity contribution in [3.63, 3.8) is 0 Å². The molecular weight excluding hydrogens is 300 g/mol. The van der Waals surface area contributed by atoms with Gasteiger partial charge in [-0.05, 0) is 23.9 Å². The number of rotatable bonds is 4. The largest absolute Gasteiger partial charge is 0.493 e. The Hall–Kier alpha value is -2.55. The zero-order valence-electron chi connectivity index (χ0n) is 11.0. The molecule has 1 aliphatic heterocycles. The number of carbonyl (C=O) groups excluding carboxylic acids is 2. The zero-order valence-corrected chi connectivity index (χ0v) is 11.9. The van der Waals surface area contributed by atoms with E-state index in [1.54, 1.807) is 0 Å². The summed E-state index contributed by atoms with van der Waals surface area (Å²) in [6.45, 7) is 0. The number of nitro groups is 1. The molecule has 9 heteroatoms. The molecule has 0 radical (unpaired) electrons. The molecule has 1 aromatic rings. The van der Waals surface area contributed by atoms with Crippen molar-refractivity contribution in [3.8, 4) is 11.5 Å². The molecule has 0 spiro atoms. The van der Waals surface area contributed by atoms with Crippen LogP contribution in [0, 0.1) is 10.1 Å². The number of nitrogens with one attached hydrogen (secondary N) is 1. The van der Waals surface area contributed by atoms with Gasteiger partial charge >= 0.3 is 0 Å². The molecule has 21 heavy (non-hydrogen) atoms. The van der Waals surface area contributed by atoms with Crippen LogP contribution in [0.25, 0.3) is 6.08 Å². The van der Waals surface area contributed by atoms with Crippen LogP contribution in [0.5, 0.6) is 11.5 Å². The van der Waals surface area contributed by atoms with Gasteiger partial charge in [-0.1, -0.05) is 0 Å². The van der Waals surface area contributed by atoms with E-state index in [2.05, 4.69) is 5.32 Å². The first-order chi connectivity index (χ1) is 9.96. The van der Waals surface area contributed by atoms with E-state index in [1.165, 1.54) is 32.4 Å². The van der Waals surface area contributed by atoms with Crippen LogP contribution in [-0.4, -0.2) is 30.3 Å². The van der Waals surface area contributed by atoms with Crippen LogP contribution in [0.15, 0.2) is 17.0 Å². The van der Waals surface area contributed by atoms with E-state index >= 15 is 0 Å². The summed E-state index contributed by atoms with van der Waals surface area (Å²) in [7, 11) is 2.75. The number of imide groups is 1. The van der Waals surface area contributed by atoms with Crippen molar-refractivity contribution in [1.29, 1.82) is 0 Å². The highest BCUT2D eigenvalue weighted by atomic mass is 32.2. The smallest absolute Gasteiger partial charge is 0.290 e. The van der Waals surface area contributed by atoms with Gasteiger partial charge in [0.25, 0.3) is 16.8 Å². The number of nitro benzene ring substituents is 1. The number of hydrogen-bond acceptors (Lipinski definition) is 7. The fourth-order valence-electron chi connectivity index (χ4n) is 1.72. The number of ether oxygens (including phenoxy) is 2. The zero-order chi connectivity index (χ0) is 15.6. The summed E-state index contributed by atoms with van der Waals surface area (Å²) in [6, 6.07) is 2.57. The number of carbonyl (C=O) groups is 2. The number of amides is 2. The normalized spacial score (nSPS) is 16.0. The molecule has 1 fully saturated rings. The average Bonchev–Trinajstić information content (AvgIpc) is 2.76. The van der Waals surface area contributed by atoms with Crippen LogP contribution in [0.1, 0.15) is 5.56 Å². The molecule has 1 heterocycles. The minimum Gasteiger partial charge on any atom is -0.493 e. The van der Waals surface area contributed by atoms with Gasteiger partial charge in [0.2, 0.25) is 0 Å². The third-order valence-corrected chi connectivity index (χ3v) is 3.47. The lowest BCUT2D eigenvalue weighted by molar-refractivity contribution is -0.385. The summed E-state index contributed by atoms with van der Waals surface area (Å²) in [6.07, 6.45) is 1.27. The van der Waals surface area contributed by atoms with Crippen molar-refractivity contribution in [2.75, 3.05) is 14.2 Å². The second kappa shape index (κ2) is 5.83. The second-order valence-corrected chi connectivity index (χ2v) is 4.89. The van der Waals surface area contributed by atoms with Gasteiger partial charge in [0, 0.05) is 0 Å². The van der Waals surface area contributed by atoms with Crippen LogP contribution < -0.4 is 14.8 Å². The summed E-state index contributed by atoms with van der Waals surface area (Å²) in [5.41, 5.74) is -0.113. The summed E-state index contributed by atoms with van der Waals surface area (Å²) in [5.74, 6) is -0.107. The molecule has 0 saturated carbocycles. The molecule has 2 rings (SSSR count). The van der Waals surface area contributed by atoms with Gasteiger partial charge in [-0.2, -0.15) is 0 Å². The van der Waals surface area contributed by atoms with Crippen LogP contribution in [0.3, 0.4) is 0 Å². The number of hydrogen-bond donors (Lipinski definition) is 1. The summed E-state index contributed by atoms with van der Waals surface area (Å²) in [5, 5.41) is 12.7. The van der Waals surface area contributed by atoms with Gasteiger partial charge in [0.1, 0.15) is 0 Å². The van der Waals surface area contributed by atoms with Crippen molar-refractivity contribution in [1.82, 2.24) is 5.32 Å². The maximum atomic E-state index is 11.5. The predicted molar refractivity (Wildman–Crippen MR) is 75.3 cm³/mol. The first-order valence-electron chi connectivity index (χ1n) is 5.61. The Balaban J connectivity index is 2.56. The molecule has 0 aliphatic carbocycles. The monoisotopic (exact) mass is 310 g/mol. The number of thioether (sulfide) groups is 1. The van der Waals surface area contributed by atoms with E-state index in [1.807, 2.05) is 0 Å². The van der Waals surface area contributed by atoms with Crippen molar-refractivity contribution < 1.29 is 24.0 Å². The fraction of sp³-hybridized carbons (Fsp3) is 0.167. The lowest BCUT2D eigenvalue weighted by Gasteiger charge is -2.08. The number of nitrogens with zero attached hydrogens (tertiary/aromatic N) is 1. The Kier molecular flexibility index (Phi) is 4.13. The van der Waals surface area contributed by atoms with Crippen LogP contribution in [0.4, 0.5) is 10.5 Å². The van der Waals surface area contributed by atoms with Crippen LogP contribution in [-0.2, 0) is 4.79 Å². The Morgan fingerprint density at radius 1 is 1.24 bits per heavy atom. The van der Waals surface area contributed by atoms with E-state index in [9.17, 15) is 19.7 Å². The molecule has 1 N–H and O–H groups in total. The molecular formula is C12H10N2O6S. The molecule has 1 aliphatic rings. The first kappa shape index (κ1) is 14.9. The molecule has 0 aromatic heterocycles. The van der Waals surface area contributed by atoms with E-state index in [0.717, 1.165) is 0 Å². The maximum absolute atomic E-state index is 11.5. The number of methoxy groups -OCH3 is 2. The van der Waals surface area contributed by atoms with Crippen molar-refractivity contribution in [2.24, 2.45) is 0 Å². The molecule has 8 nitrogen and oxygen atoms in total. The second-order valence-electron chi connectivity index (χ2n) is 3.88. The average molecular weight is 310 g/mol. The predicted octanol–water partition coefficient (Wildman–Crippen LogP) is 1.94. The summed E-state index contributed by atoms with van der Waals surface area (Å²) < 4.78 is 10.1. The highest BCUT2D eigenvalue weighted by Crippen LogP contribution is 2.37. The minimum absolute atomic E-state index is 0.0790. The SMILES string of the molecule is COc1cc(C=C2SC(=O)NC2=O)c([N+](=O)[O-])cc1OC. The lowest BCUT2D eigenvalue weighted by Crippen LogP contribution is -2.17. The Morgan fingerprint density at radius 3 is 2.33 bits per heavy atom. The number of benzene rings is 1. The van der Waals surface area contributed by atoms with Gasteiger partial charge in [-0.3, -0.25) is 25.0 Å². The highest BCUT2D eigenvalue weighted by Gasteiger charge is 2.27. The Morgan fingerprint density at radius 2 is 1.86 bits per heavy atom. The van der Waals surface area contributed by atoms with Gasteiger partial charge in [-0.25, -0.2) is 0 Å². The standard InChI is InChI=1S/C12H10N2O6S/c1-19-8-3-6(4-10-11(15)13-12(16)21-10)7(14(17)18)5-9(8)20-2/h3-5H,1-2H3,(H,13,15,16). The minimum atomic E-state index is -0.603. The topological polar surface area (TPSA) is 108 Å². The lowest BCUT2D eigenvalue weighted by atomic mass is 10.1. The van der Waals surface area contributed by atoms with E-state index < -0.39 is 16.1 Å². The van der Waals surface area contributed by atoms with Crippen molar-refractivity contribution in [3.05, 3.63) is 32.7 Å². The summed E-state index contributed by atoms with van der Waals surface area (Å²) in [4.78, 5) is 33.2. The van der Waals surface area contributed by atoms with Gasteiger partial charge in [0.15, 0.2) is 11.5 Å². The van der Waals surface area contributed by atoms with E-state index in [0.29, 0.717) is 11.8 Å². The molecule has 0 atom stereocenters. The molecule has 0 unspecified atom stereocenters. The summed E-state index contributed by atoms with van der Waals surface area (Å²) >= 11 is 0.679. The van der Waals surface area contributed by atoms with Gasteiger partial charge < -0.3 is 9.47 Å². The van der Waals surface area contributed by atoms with Gasteiger partial charge in [0.05, 0.1) is 35.7 Å². The quantitative estimate of drug-likeness (QED) is 0.514. The molecule has 1 aromatic carbocycles. The third-order valence-electron chi connectivity index (χ3n) is 2.66. The maximum Gasteiger partial charge on any atom is 0.290 e. The molecule has 2 amide bonds. The van der Waals surface area contributed by atoms with Crippen molar-refractivity contribution in [2.45, 2.75) is 0 Å². The first-order valence-corrected chi connectivity index (χ1v) is 6.43. The highest BCUT2D eigenvalue weighted by molar-refractivity contribution is 8.18. The molecule has 110 valence electrons. The van der Waals surface area contributed by atoms with E-state index in [4.69, 9.17) is 9.47 Å². The molecule has 1 saturated heterocycles.